The fourth-order valence-electron chi connectivity index (χ4n) is 3.32. The zero-order chi connectivity index (χ0) is 18.1. The third kappa shape index (κ3) is 3.81. The topological polar surface area (TPSA) is 76.2 Å². The minimum Gasteiger partial charge on any atom is -0.380 e. The minimum absolute atomic E-state index is 0.207. The summed E-state index contributed by atoms with van der Waals surface area (Å²) in [5.74, 6) is 2.72. The lowest BCUT2D eigenvalue weighted by molar-refractivity contribution is -0.128. The lowest BCUT2D eigenvalue weighted by Crippen LogP contribution is -2.32. The Labute approximate surface area is 157 Å². The van der Waals surface area contributed by atoms with Gasteiger partial charge in [0, 0.05) is 26.3 Å². The first kappa shape index (κ1) is 17.6. The lowest BCUT2D eigenvalue weighted by Gasteiger charge is -2.19. The van der Waals surface area contributed by atoms with Crippen molar-refractivity contribution in [3.63, 3.8) is 0 Å². The number of thioether (sulfide) groups is 1. The number of aliphatic hydroxyl groups excluding tert-OH is 1. The molecule has 0 bridgehead atoms. The van der Waals surface area contributed by atoms with Crippen LogP contribution >= 0.6 is 11.8 Å². The van der Waals surface area contributed by atoms with E-state index < -0.39 is 6.10 Å². The fraction of sp³-hybridized carbons (Fsp3) is 0.611. The van der Waals surface area contributed by atoms with Gasteiger partial charge in [0.2, 0.25) is 5.91 Å². The van der Waals surface area contributed by atoms with E-state index in [1.165, 1.54) is 12.8 Å². The number of hydrogen-bond acceptors (Lipinski definition) is 5. The number of carbonyl (C=O) groups excluding carboxylic acids is 1. The average molecular weight is 375 g/mol. The average Bonchev–Trinajstić information content (AvgIpc) is 3.28. The Bertz CT molecular complexity index is 782. The molecule has 0 radical (unpaired) electrons. The Kier molecular flexibility index (Phi) is 5.04. The molecule has 7 nitrogen and oxygen atoms in total. The van der Waals surface area contributed by atoms with Crippen molar-refractivity contribution in [2.45, 2.75) is 38.5 Å². The second kappa shape index (κ2) is 7.44. The maximum Gasteiger partial charge on any atom is 0.232 e. The number of fused-ring (bicyclic) bond motifs is 1. The van der Waals surface area contributed by atoms with E-state index in [4.69, 9.17) is 0 Å². The third-order valence-electron chi connectivity index (χ3n) is 5.08. The van der Waals surface area contributed by atoms with Crippen molar-refractivity contribution in [2.24, 2.45) is 13.0 Å². The zero-order valence-electron chi connectivity index (χ0n) is 15.0. The molecular formula is C18H25N5O2S. The summed E-state index contributed by atoms with van der Waals surface area (Å²) in [7, 11) is 1.80. The summed E-state index contributed by atoms with van der Waals surface area (Å²) in [4.78, 5) is 14.5. The number of carbonyl (C=O) groups is 1. The van der Waals surface area contributed by atoms with E-state index in [2.05, 4.69) is 10.2 Å². The molecule has 3 heterocycles. The van der Waals surface area contributed by atoms with Crippen LogP contribution < -0.4 is 0 Å². The third-order valence-corrected chi connectivity index (χ3v) is 6.24. The SMILES string of the molecule is Cn1nccc1C(O)c1cc2n(n1)CCCN(C(=O)CSCC1CC1)C2. The molecule has 0 saturated heterocycles. The van der Waals surface area contributed by atoms with Gasteiger partial charge in [0.25, 0.3) is 0 Å². The van der Waals surface area contributed by atoms with Crippen LogP contribution in [0.1, 0.15) is 42.4 Å². The predicted molar refractivity (Wildman–Crippen MR) is 99.6 cm³/mol. The van der Waals surface area contributed by atoms with Crippen molar-refractivity contribution in [3.8, 4) is 0 Å². The van der Waals surface area contributed by atoms with Gasteiger partial charge in [-0.25, -0.2) is 0 Å². The van der Waals surface area contributed by atoms with Gasteiger partial charge in [-0.05, 0) is 43.1 Å². The van der Waals surface area contributed by atoms with Crippen molar-refractivity contribution in [2.75, 3.05) is 18.1 Å². The van der Waals surface area contributed by atoms with Crippen LogP contribution in [0, 0.1) is 5.92 Å². The molecule has 1 saturated carbocycles. The Morgan fingerprint density at radius 3 is 3.00 bits per heavy atom. The largest absolute Gasteiger partial charge is 0.380 e. The molecule has 140 valence electrons. The van der Waals surface area contributed by atoms with Crippen molar-refractivity contribution in [1.29, 1.82) is 0 Å². The quantitative estimate of drug-likeness (QED) is 0.829. The molecule has 1 aliphatic heterocycles. The highest BCUT2D eigenvalue weighted by atomic mass is 32.2. The highest BCUT2D eigenvalue weighted by molar-refractivity contribution is 7.99. The number of hydrogen-bond donors (Lipinski definition) is 1. The predicted octanol–water partition coefficient (Wildman–Crippen LogP) is 1.57. The Balaban J connectivity index is 1.43. The molecule has 0 aromatic carbocycles. The number of aromatic nitrogens is 4. The first-order valence-electron chi connectivity index (χ1n) is 9.20. The van der Waals surface area contributed by atoms with Crippen molar-refractivity contribution >= 4 is 17.7 Å². The number of aliphatic hydroxyl groups is 1. The van der Waals surface area contributed by atoms with Gasteiger partial charge in [0.15, 0.2) is 0 Å². The maximum absolute atomic E-state index is 12.5. The van der Waals surface area contributed by atoms with Crippen molar-refractivity contribution < 1.29 is 9.90 Å². The van der Waals surface area contributed by atoms with Crippen LogP contribution in [0.15, 0.2) is 18.3 Å². The van der Waals surface area contributed by atoms with Crippen LogP contribution in [0.5, 0.6) is 0 Å². The molecule has 0 spiro atoms. The van der Waals surface area contributed by atoms with E-state index in [0.717, 1.165) is 36.9 Å². The van der Waals surface area contributed by atoms with E-state index >= 15 is 0 Å². The van der Waals surface area contributed by atoms with Crippen molar-refractivity contribution in [1.82, 2.24) is 24.5 Å². The summed E-state index contributed by atoms with van der Waals surface area (Å²) >= 11 is 1.76. The smallest absolute Gasteiger partial charge is 0.232 e. The van der Waals surface area contributed by atoms with E-state index in [1.807, 2.05) is 15.6 Å². The van der Waals surface area contributed by atoms with Crippen LogP contribution in [0.2, 0.25) is 0 Å². The van der Waals surface area contributed by atoms with E-state index in [1.54, 1.807) is 35.8 Å². The molecule has 2 aliphatic rings. The maximum atomic E-state index is 12.5. The number of amides is 1. The van der Waals surface area contributed by atoms with Gasteiger partial charge in [0.05, 0.1) is 29.4 Å². The molecule has 26 heavy (non-hydrogen) atoms. The molecule has 1 N–H and O–H groups in total. The van der Waals surface area contributed by atoms with Crippen molar-refractivity contribution in [3.05, 3.63) is 35.4 Å². The number of aryl methyl sites for hydroxylation is 2. The highest BCUT2D eigenvalue weighted by Gasteiger charge is 2.25. The van der Waals surface area contributed by atoms with Crippen LogP contribution in [0.3, 0.4) is 0 Å². The molecule has 2 aromatic heterocycles. The van der Waals surface area contributed by atoms with Crippen LogP contribution in [0.25, 0.3) is 0 Å². The van der Waals surface area contributed by atoms with Gasteiger partial charge in [-0.3, -0.25) is 14.2 Å². The summed E-state index contributed by atoms with van der Waals surface area (Å²) in [6.07, 6.45) is 4.39. The molecule has 4 rings (SSSR count). The van der Waals surface area contributed by atoms with Gasteiger partial charge in [-0.2, -0.15) is 22.0 Å². The van der Waals surface area contributed by atoms with Crippen LogP contribution in [-0.4, -0.2) is 53.5 Å². The van der Waals surface area contributed by atoms with Gasteiger partial charge in [-0.15, -0.1) is 0 Å². The van der Waals surface area contributed by atoms with Gasteiger partial charge in [0.1, 0.15) is 6.10 Å². The minimum atomic E-state index is -0.805. The van der Waals surface area contributed by atoms with E-state index in [9.17, 15) is 9.90 Å². The Hall–Kier alpha value is -1.80. The van der Waals surface area contributed by atoms with Gasteiger partial charge >= 0.3 is 0 Å². The first-order chi connectivity index (χ1) is 12.6. The molecule has 2 aromatic rings. The Morgan fingerprint density at radius 2 is 2.27 bits per heavy atom. The summed E-state index contributed by atoms with van der Waals surface area (Å²) in [6, 6.07) is 3.71. The fourth-order valence-corrected chi connectivity index (χ4v) is 4.47. The molecule has 8 heteroatoms. The number of nitrogens with zero attached hydrogens (tertiary/aromatic N) is 5. The van der Waals surface area contributed by atoms with Gasteiger partial charge in [-0.1, -0.05) is 0 Å². The zero-order valence-corrected chi connectivity index (χ0v) is 15.9. The van der Waals surface area contributed by atoms with Gasteiger partial charge < -0.3 is 10.0 Å². The molecule has 1 unspecified atom stereocenters. The highest BCUT2D eigenvalue weighted by Crippen LogP contribution is 2.32. The Morgan fingerprint density at radius 1 is 1.42 bits per heavy atom. The summed E-state index contributed by atoms with van der Waals surface area (Å²) in [6.45, 7) is 2.10. The second-order valence-electron chi connectivity index (χ2n) is 7.19. The number of rotatable bonds is 6. The molecule has 1 fully saturated rings. The van der Waals surface area contributed by atoms with Crippen LogP contribution in [-0.2, 0) is 24.9 Å². The second-order valence-corrected chi connectivity index (χ2v) is 8.22. The van der Waals surface area contributed by atoms with Crippen LogP contribution in [0.4, 0.5) is 0 Å². The van der Waals surface area contributed by atoms with E-state index in [0.29, 0.717) is 23.7 Å². The first-order valence-corrected chi connectivity index (χ1v) is 10.4. The monoisotopic (exact) mass is 375 g/mol. The lowest BCUT2D eigenvalue weighted by atomic mass is 10.2. The van der Waals surface area contributed by atoms with E-state index in [-0.39, 0.29) is 5.91 Å². The molecule has 1 atom stereocenters. The molecule has 1 amide bonds. The summed E-state index contributed by atoms with van der Waals surface area (Å²) < 4.78 is 3.59. The normalized spacial score (nSPS) is 18.5. The standard InChI is InChI=1S/C18H25N5O2S/c1-21-16(5-6-19-21)18(25)15-9-14-10-22(7-2-8-23(14)20-15)17(24)12-26-11-13-3-4-13/h5-6,9,13,18,25H,2-4,7-8,10-12H2,1H3. The summed E-state index contributed by atoms with van der Waals surface area (Å²) in [5, 5.41) is 19.3. The molecular weight excluding hydrogens is 350 g/mol. The summed E-state index contributed by atoms with van der Waals surface area (Å²) in [5.41, 5.74) is 2.31. The molecule has 1 aliphatic carbocycles.